The fourth-order valence-electron chi connectivity index (χ4n) is 2.65. The summed E-state index contributed by atoms with van der Waals surface area (Å²) >= 11 is 1.20. The van der Waals surface area contributed by atoms with E-state index in [9.17, 15) is 18.4 Å². The molecule has 2 N–H and O–H groups in total. The SMILES string of the molecule is COc1cc(CCNC(=O)Cc2csc(NC(=O)c3ccco3)n2)ccc1OC(F)F. The molecule has 0 fully saturated rings. The van der Waals surface area contributed by atoms with Crippen molar-refractivity contribution in [2.75, 3.05) is 19.0 Å². The van der Waals surface area contributed by atoms with Crippen LogP contribution in [0.15, 0.2) is 46.4 Å². The predicted molar refractivity (Wildman–Crippen MR) is 109 cm³/mol. The minimum absolute atomic E-state index is 0.0521. The molecule has 0 saturated carbocycles. The molecule has 0 unspecified atom stereocenters. The second-order valence-corrected chi connectivity index (χ2v) is 7.07. The van der Waals surface area contributed by atoms with E-state index in [1.807, 2.05) is 0 Å². The molecule has 31 heavy (non-hydrogen) atoms. The molecule has 8 nitrogen and oxygen atoms in total. The molecule has 0 radical (unpaired) electrons. The first-order valence-electron chi connectivity index (χ1n) is 9.12. The van der Waals surface area contributed by atoms with Crippen LogP contribution in [0.25, 0.3) is 0 Å². The van der Waals surface area contributed by atoms with Gasteiger partial charge in [-0.15, -0.1) is 11.3 Å². The van der Waals surface area contributed by atoms with E-state index in [0.717, 1.165) is 5.56 Å². The molecule has 3 aromatic rings. The third-order valence-electron chi connectivity index (χ3n) is 4.04. The molecular formula is C20H19F2N3O5S. The number of aromatic nitrogens is 1. The number of ether oxygens (including phenoxy) is 2. The summed E-state index contributed by atoms with van der Waals surface area (Å²) in [6, 6.07) is 7.75. The van der Waals surface area contributed by atoms with Crippen molar-refractivity contribution in [2.45, 2.75) is 19.5 Å². The summed E-state index contributed by atoms with van der Waals surface area (Å²) in [7, 11) is 1.36. The monoisotopic (exact) mass is 451 g/mol. The molecule has 3 rings (SSSR count). The number of hydrogen-bond donors (Lipinski definition) is 2. The molecule has 0 atom stereocenters. The zero-order valence-corrected chi connectivity index (χ0v) is 17.2. The minimum Gasteiger partial charge on any atom is -0.493 e. The van der Waals surface area contributed by atoms with Crippen LogP contribution >= 0.6 is 11.3 Å². The molecule has 2 amide bonds. The number of hydrogen-bond acceptors (Lipinski definition) is 7. The molecule has 0 aliphatic rings. The number of anilines is 1. The highest BCUT2D eigenvalue weighted by Crippen LogP contribution is 2.29. The fraction of sp³-hybridized carbons (Fsp3) is 0.250. The van der Waals surface area contributed by atoms with Crippen molar-refractivity contribution in [1.82, 2.24) is 10.3 Å². The summed E-state index contributed by atoms with van der Waals surface area (Å²) in [5, 5.41) is 7.42. The first kappa shape index (κ1) is 22.2. The van der Waals surface area contributed by atoms with Gasteiger partial charge in [-0.3, -0.25) is 14.9 Å². The van der Waals surface area contributed by atoms with E-state index in [2.05, 4.69) is 20.4 Å². The summed E-state index contributed by atoms with van der Waals surface area (Å²) < 4.78 is 39.2. The summed E-state index contributed by atoms with van der Waals surface area (Å²) in [5.74, 6) is -0.353. The normalized spacial score (nSPS) is 10.7. The van der Waals surface area contributed by atoms with Gasteiger partial charge in [0, 0.05) is 11.9 Å². The van der Waals surface area contributed by atoms with Gasteiger partial charge in [0.2, 0.25) is 5.91 Å². The predicted octanol–water partition coefficient (Wildman–Crippen LogP) is 3.50. The van der Waals surface area contributed by atoms with Crippen LogP contribution in [0.3, 0.4) is 0 Å². The summed E-state index contributed by atoms with van der Waals surface area (Å²) in [6.07, 6.45) is 1.92. The van der Waals surface area contributed by atoms with Gasteiger partial charge in [-0.2, -0.15) is 8.78 Å². The van der Waals surface area contributed by atoms with Crippen LogP contribution in [0.1, 0.15) is 21.8 Å². The van der Waals surface area contributed by atoms with Gasteiger partial charge in [-0.05, 0) is 36.2 Å². The van der Waals surface area contributed by atoms with Crippen LogP contribution < -0.4 is 20.1 Å². The van der Waals surface area contributed by atoms with Crippen LogP contribution in [0, 0.1) is 0 Å². The van der Waals surface area contributed by atoms with E-state index in [4.69, 9.17) is 9.15 Å². The van der Waals surface area contributed by atoms with Crippen molar-refractivity contribution < 1.29 is 32.3 Å². The van der Waals surface area contributed by atoms with E-state index in [0.29, 0.717) is 23.8 Å². The van der Waals surface area contributed by atoms with Crippen molar-refractivity contribution in [3.05, 3.63) is 59.0 Å². The second kappa shape index (κ2) is 10.5. The zero-order valence-electron chi connectivity index (χ0n) is 16.4. The number of carbonyl (C=O) groups is 2. The van der Waals surface area contributed by atoms with Crippen LogP contribution in [0.4, 0.5) is 13.9 Å². The summed E-state index contributed by atoms with van der Waals surface area (Å²) in [4.78, 5) is 28.3. The topological polar surface area (TPSA) is 103 Å². The Labute approximate surface area is 180 Å². The second-order valence-electron chi connectivity index (χ2n) is 6.22. The summed E-state index contributed by atoms with van der Waals surface area (Å²) in [5.41, 5.74) is 1.31. The maximum atomic E-state index is 12.4. The molecule has 11 heteroatoms. The third-order valence-corrected chi connectivity index (χ3v) is 4.85. The van der Waals surface area contributed by atoms with E-state index in [1.54, 1.807) is 23.6 Å². The Balaban J connectivity index is 1.45. The number of thiazole rings is 1. The number of halogens is 2. The number of nitrogens with zero attached hydrogens (tertiary/aromatic N) is 1. The maximum Gasteiger partial charge on any atom is 0.387 e. The number of alkyl halides is 2. The third kappa shape index (κ3) is 6.51. The average molecular weight is 451 g/mol. The van der Waals surface area contributed by atoms with Crippen molar-refractivity contribution in [1.29, 1.82) is 0 Å². The standard InChI is InChI=1S/C20H19F2N3O5S/c1-28-16-9-12(4-5-14(16)30-19(21)22)6-7-23-17(26)10-13-11-31-20(24-13)25-18(27)15-3-2-8-29-15/h2-5,8-9,11,19H,6-7,10H2,1H3,(H,23,26)(H,24,25,27). The zero-order chi connectivity index (χ0) is 22.2. The lowest BCUT2D eigenvalue weighted by molar-refractivity contribution is -0.120. The smallest absolute Gasteiger partial charge is 0.387 e. The molecule has 164 valence electrons. The Hall–Kier alpha value is -3.47. The number of amides is 2. The lowest BCUT2D eigenvalue weighted by Crippen LogP contribution is -2.27. The first-order valence-corrected chi connectivity index (χ1v) is 10.00. The molecule has 0 aliphatic carbocycles. The molecule has 0 aliphatic heterocycles. The number of methoxy groups -OCH3 is 1. The molecule has 2 aromatic heterocycles. The first-order chi connectivity index (χ1) is 14.9. The lowest BCUT2D eigenvalue weighted by atomic mass is 10.1. The van der Waals surface area contributed by atoms with Gasteiger partial charge in [0.05, 0.1) is 25.5 Å². The van der Waals surface area contributed by atoms with Gasteiger partial charge < -0.3 is 19.2 Å². The van der Waals surface area contributed by atoms with Gasteiger partial charge in [-0.25, -0.2) is 4.98 Å². The quantitative estimate of drug-likeness (QED) is 0.489. The highest BCUT2D eigenvalue weighted by atomic mass is 32.1. The highest BCUT2D eigenvalue weighted by Gasteiger charge is 2.14. The Morgan fingerprint density at radius 2 is 2.10 bits per heavy atom. The number of nitrogens with one attached hydrogen (secondary N) is 2. The molecule has 2 heterocycles. The van der Waals surface area contributed by atoms with E-state index < -0.39 is 12.5 Å². The fourth-order valence-corrected chi connectivity index (χ4v) is 3.35. The van der Waals surface area contributed by atoms with E-state index in [1.165, 1.54) is 36.8 Å². The van der Waals surface area contributed by atoms with Crippen LogP contribution in [0.2, 0.25) is 0 Å². The molecule has 0 spiro atoms. The number of rotatable bonds is 10. The van der Waals surface area contributed by atoms with Gasteiger partial charge in [0.1, 0.15) is 0 Å². The Morgan fingerprint density at radius 1 is 1.26 bits per heavy atom. The van der Waals surface area contributed by atoms with Crippen molar-refractivity contribution >= 4 is 28.3 Å². The van der Waals surface area contributed by atoms with Crippen LogP contribution in [-0.2, 0) is 17.6 Å². The van der Waals surface area contributed by atoms with Gasteiger partial charge in [0.25, 0.3) is 5.91 Å². The van der Waals surface area contributed by atoms with Crippen molar-refractivity contribution in [3.63, 3.8) is 0 Å². The molecular weight excluding hydrogens is 432 g/mol. The van der Waals surface area contributed by atoms with Crippen LogP contribution in [-0.4, -0.2) is 37.1 Å². The summed E-state index contributed by atoms with van der Waals surface area (Å²) in [6.45, 7) is -2.60. The number of carbonyl (C=O) groups excluding carboxylic acids is 2. The molecule has 0 saturated heterocycles. The van der Waals surface area contributed by atoms with E-state index in [-0.39, 0.29) is 29.6 Å². The van der Waals surface area contributed by atoms with Gasteiger partial charge in [-0.1, -0.05) is 6.07 Å². The Bertz CT molecular complexity index is 1020. The van der Waals surface area contributed by atoms with Gasteiger partial charge in [0.15, 0.2) is 22.4 Å². The number of benzene rings is 1. The minimum atomic E-state index is -2.94. The van der Waals surface area contributed by atoms with Crippen LogP contribution in [0.5, 0.6) is 11.5 Å². The highest BCUT2D eigenvalue weighted by molar-refractivity contribution is 7.14. The van der Waals surface area contributed by atoms with Crippen molar-refractivity contribution in [3.8, 4) is 11.5 Å². The average Bonchev–Trinajstić information content (AvgIpc) is 3.41. The Morgan fingerprint density at radius 3 is 2.81 bits per heavy atom. The largest absolute Gasteiger partial charge is 0.493 e. The lowest BCUT2D eigenvalue weighted by Gasteiger charge is -2.11. The Kier molecular flexibility index (Phi) is 7.55. The van der Waals surface area contributed by atoms with Crippen molar-refractivity contribution in [2.24, 2.45) is 0 Å². The molecule has 1 aromatic carbocycles. The maximum absolute atomic E-state index is 12.4. The van der Waals surface area contributed by atoms with Gasteiger partial charge >= 0.3 is 6.61 Å². The molecule has 0 bridgehead atoms. The van der Waals surface area contributed by atoms with E-state index >= 15 is 0 Å². The number of furan rings is 1.